The van der Waals surface area contributed by atoms with Gasteiger partial charge in [-0.2, -0.15) is 0 Å². The molecular formula is C20H35IN4O3. The monoisotopic (exact) mass is 506 g/mol. The number of nitrogens with zero attached hydrogens (tertiary/aromatic N) is 2. The smallest absolute Gasteiger partial charge is 0.191 e. The standard InChI is InChI=1S/C20H34N4O3.HI/c1-6-26-18-12-16-11-15(2)27-19(16)13-17(18)14-23-20(21-3)22-7-8-24(4)9-10-25-5;/h12-13,15H,6-11,14H2,1-5H3,(H2,21,22,23);1H. The molecule has 1 aliphatic rings. The molecule has 0 saturated heterocycles. The van der Waals surface area contributed by atoms with Gasteiger partial charge in [-0.05, 0) is 33.0 Å². The van der Waals surface area contributed by atoms with Crippen molar-refractivity contribution in [3.05, 3.63) is 23.3 Å². The molecule has 0 fully saturated rings. The van der Waals surface area contributed by atoms with E-state index in [2.05, 4.69) is 46.6 Å². The zero-order chi connectivity index (χ0) is 19.6. The molecule has 2 N–H and O–H groups in total. The first-order valence-electron chi connectivity index (χ1n) is 9.64. The Morgan fingerprint density at radius 1 is 1.32 bits per heavy atom. The van der Waals surface area contributed by atoms with Crippen molar-refractivity contribution in [3.8, 4) is 11.5 Å². The van der Waals surface area contributed by atoms with Crippen LogP contribution in [0, 0.1) is 0 Å². The van der Waals surface area contributed by atoms with Crippen LogP contribution in [0.25, 0.3) is 0 Å². The highest BCUT2D eigenvalue weighted by Crippen LogP contribution is 2.35. The van der Waals surface area contributed by atoms with Gasteiger partial charge in [0.05, 0.1) is 13.2 Å². The second-order valence-corrected chi connectivity index (χ2v) is 6.78. The Bertz CT molecular complexity index is 628. The third kappa shape index (κ3) is 7.63. The third-order valence-electron chi connectivity index (χ3n) is 4.51. The van der Waals surface area contributed by atoms with Crippen LogP contribution < -0.4 is 20.1 Å². The molecule has 1 aromatic rings. The van der Waals surface area contributed by atoms with E-state index in [1.165, 1.54) is 5.56 Å². The Kier molecular flexibility index (Phi) is 11.6. The van der Waals surface area contributed by atoms with E-state index >= 15 is 0 Å². The first-order chi connectivity index (χ1) is 13.1. The van der Waals surface area contributed by atoms with E-state index < -0.39 is 0 Å². The van der Waals surface area contributed by atoms with Crippen LogP contribution in [-0.2, 0) is 17.7 Å². The second kappa shape index (κ2) is 13.1. The van der Waals surface area contributed by atoms with E-state index in [9.17, 15) is 0 Å². The highest BCUT2D eigenvalue weighted by atomic mass is 127. The fraction of sp³-hybridized carbons (Fsp3) is 0.650. The largest absolute Gasteiger partial charge is 0.494 e. The molecule has 0 aromatic heterocycles. The maximum absolute atomic E-state index is 5.89. The van der Waals surface area contributed by atoms with E-state index in [1.54, 1.807) is 14.2 Å². The van der Waals surface area contributed by atoms with Crippen molar-refractivity contribution >= 4 is 29.9 Å². The minimum Gasteiger partial charge on any atom is -0.494 e. The molecule has 1 aliphatic heterocycles. The molecule has 2 rings (SSSR count). The lowest BCUT2D eigenvalue weighted by molar-refractivity contribution is 0.162. The molecule has 0 aliphatic carbocycles. The summed E-state index contributed by atoms with van der Waals surface area (Å²) in [7, 11) is 5.58. The van der Waals surface area contributed by atoms with Crippen LogP contribution in [0.3, 0.4) is 0 Å². The molecule has 0 saturated carbocycles. The molecule has 1 heterocycles. The number of ether oxygens (including phenoxy) is 3. The number of rotatable bonds is 10. The molecule has 7 nitrogen and oxygen atoms in total. The normalized spacial score (nSPS) is 15.6. The minimum atomic E-state index is 0. The molecule has 0 spiro atoms. The highest BCUT2D eigenvalue weighted by molar-refractivity contribution is 14.0. The predicted molar refractivity (Wildman–Crippen MR) is 124 cm³/mol. The average Bonchev–Trinajstić information content (AvgIpc) is 3.01. The average molecular weight is 506 g/mol. The van der Waals surface area contributed by atoms with E-state index in [0.717, 1.165) is 55.7 Å². The molecule has 1 aromatic carbocycles. The summed E-state index contributed by atoms with van der Waals surface area (Å²) in [6, 6.07) is 4.20. The van der Waals surface area contributed by atoms with Gasteiger partial charge in [-0.1, -0.05) is 0 Å². The van der Waals surface area contributed by atoms with Crippen LogP contribution in [0.15, 0.2) is 17.1 Å². The van der Waals surface area contributed by atoms with Crippen molar-refractivity contribution in [1.82, 2.24) is 15.5 Å². The zero-order valence-corrected chi connectivity index (χ0v) is 20.0. The Labute approximate surface area is 186 Å². The van der Waals surface area contributed by atoms with E-state index in [0.29, 0.717) is 13.2 Å². The number of methoxy groups -OCH3 is 1. The van der Waals surface area contributed by atoms with Gasteiger partial charge in [0.1, 0.15) is 17.6 Å². The summed E-state index contributed by atoms with van der Waals surface area (Å²) in [4.78, 5) is 6.52. The highest BCUT2D eigenvalue weighted by Gasteiger charge is 2.21. The van der Waals surface area contributed by atoms with Crippen molar-refractivity contribution in [2.45, 2.75) is 32.9 Å². The first kappa shape index (κ1) is 24.8. The van der Waals surface area contributed by atoms with Gasteiger partial charge in [-0.3, -0.25) is 4.99 Å². The predicted octanol–water partition coefficient (Wildman–Crippen LogP) is 2.27. The maximum atomic E-state index is 5.89. The van der Waals surface area contributed by atoms with Gasteiger partial charge in [-0.15, -0.1) is 24.0 Å². The number of guanidine groups is 1. The van der Waals surface area contributed by atoms with Crippen LogP contribution in [0.2, 0.25) is 0 Å². The first-order valence-corrected chi connectivity index (χ1v) is 9.64. The summed E-state index contributed by atoms with van der Waals surface area (Å²) in [6.07, 6.45) is 1.16. The molecule has 1 unspecified atom stereocenters. The Morgan fingerprint density at radius 3 is 2.79 bits per heavy atom. The Hall–Kier alpha value is -1.26. The molecule has 28 heavy (non-hydrogen) atoms. The van der Waals surface area contributed by atoms with Crippen molar-refractivity contribution in [2.24, 2.45) is 4.99 Å². The van der Waals surface area contributed by atoms with Crippen molar-refractivity contribution in [3.63, 3.8) is 0 Å². The number of benzene rings is 1. The number of hydrogen-bond acceptors (Lipinski definition) is 5. The van der Waals surface area contributed by atoms with Crippen LogP contribution >= 0.6 is 24.0 Å². The zero-order valence-electron chi connectivity index (χ0n) is 17.7. The van der Waals surface area contributed by atoms with Gasteiger partial charge in [0.2, 0.25) is 0 Å². The van der Waals surface area contributed by atoms with E-state index in [1.807, 2.05) is 6.92 Å². The molecule has 8 heteroatoms. The summed E-state index contributed by atoms with van der Waals surface area (Å²) in [6.45, 7) is 8.74. The number of aliphatic imine (C=N–C) groups is 1. The topological polar surface area (TPSA) is 67.4 Å². The minimum absolute atomic E-state index is 0. The quantitative estimate of drug-likeness (QED) is 0.289. The van der Waals surface area contributed by atoms with Gasteiger partial charge in [-0.25, -0.2) is 0 Å². The molecule has 0 radical (unpaired) electrons. The molecular weight excluding hydrogens is 471 g/mol. The Balaban J connectivity index is 0.00000392. The van der Waals surface area contributed by atoms with Crippen LogP contribution in [-0.4, -0.2) is 71.0 Å². The molecule has 160 valence electrons. The fourth-order valence-electron chi connectivity index (χ4n) is 3.03. The number of halogens is 1. The van der Waals surface area contributed by atoms with Crippen molar-refractivity contribution in [2.75, 3.05) is 54.1 Å². The molecule has 0 bridgehead atoms. The van der Waals surface area contributed by atoms with Gasteiger partial charge < -0.3 is 29.7 Å². The SMILES string of the molecule is CCOc1cc2c(cc1CNC(=NC)NCCN(C)CCOC)OC(C)C2.I. The summed E-state index contributed by atoms with van der Waals surface area (Å²) < 4.78 is 16.8. The fourth-order valence-corrected chi connectivity index (χ4v) is 3.03. The second-order valence-electron chi connectivity index (χ2n) is 6.78. The van der Waals surface area contributed by atoms with Crippen LogP contribution in [0.1, 0.15) is 25.0 Å². The summed E-state index contributed by atoms with van der Waals surface area (Å²) in [5, 5.41) is 6.71. The van der Waals surface area contributed by atoms with Gasteiger partial charge in [0.15, 0.2) is 5.96 Å². The lowest BCUT2D eigenvalue weighted by Gasteiger charge is -2.18. The number of fused-ring (bicyclic) bond motifs is 1. The van der Waals surface area contributed by atoms with Crippen LogP contribution in [0.5, 0.6) is 11.5 Å². The Morgan fingerprint density at radius 2 is 2.11 bits per heavy atom. The molecule has 1 atom stereocenters. The van der Waals surface area contributed by atoms with Crippen molar-refractivity contribution in [1.29, 1.82) is 0 Å². The number of hydrogen-bond donors (Lipinski definition) is 2. The third-order valence-corrected chi connectivity index (χ3v) is 4.51. The summed E-state index contributed by atoms with van der Waals surface area (Å²) in [5.41, 5.74) is 2.29. The molecule has 0 amide bonds. The van der Waals surface area contributed by atoms with E-state index in [4.69, 9.17) is 14.2 Å². The summed E-state index contributed by atoms with van der Waals surface area (Å²) >= 11 is 0. The van der Waals surface area contributed by atoms with Crippen molar-refractivity contribution < 1.29 is 14.2 Å². The maximum Gasteiger partial charge on any atom is 0.191 e. The number of nitrogens with one attached hydrogen (secondary N) is 2. The lowest BCUT2D eigenvalue weighted by atomic mass is 10.1. The van der Waals surface area contributed by atoms with Crippen LogP contribution in [0.4, 0.5) is 0 Å². The van der Waals surface area contributed by atoms with Gasteiger partial charge >= 0.3 is 0 Å². The van der Waals surface area contributed by atoms with Gasteiger partial charge in [0.25, 0.3) is 0 Å². The summed E-state index contributed by atoms with van der Waals surface area (Å²) in [5.74, 6) is 2.65. The number of likely N-dealkylation sites (N-methyl/N-ethyl adjacent to an activating group) is 1. The lowest BCUT2D eigenvalue weighted by Crippen LogP contribution is -2.41. The van der Waals surface area contributed by atoms with E-state index in [-0.39, 0.29) is 30.1 Å². The van der Waals surface area contributed by atoms with Gasteiger partial charge in [0, 0.05) is 57.9 Å².